The summed E-state index contributed by atoms with van der Waals surface area (Å²) >= 11 is 4.27. The zero-order chi connectivity index (χ0) is 18.8. The fourth-order valence-corrected chi connectivity index (χ4v) is 3.02. The zero-order valence-electron chi connectivity index (χ0n) is 15.8. The van der Waals surface area contributed by atoms with E-state index in [4.69, 9.17) is 14.2 Å². The number of thiol groups is 1. The summed E-state index contributed by atoms with van der Waals surface area (Å²) in [6, 6.07) is 10.1. The number of aromatic nitrogens is 1. The van der Waals surface area contributed by atoms with Crippen molar-refractivity contribution in [2.45, 2.75) is 25.8 Å². The van der Waals surface area contributed by atoms with E-state index in [-0.39, 0.29) is 0 Å². The molecule has 1 aromatic carbocycles. The summed E-state index contributed by atoms with van der Waals surface area (Å²) in [7, 11) is 4.86. The molecule has 0 N–H and O–H groups in total. The van der Waals surface area contributed by atoms with Gasteiger partial charge in [-0.2, -0.15) is 17.2 Å². The van der Waals surface area contributed by atoms with Crippen LogP contribution in [-0.4, -0.2) is 27.1 Å². The van der Waals surface area contributed by atoms with Crippen LogP contribution in [0.15, 0.2) is 36.5 Å². The molecule has 0 aliphatic carbocycles. The van der Waals surface area contributed by atoms with Crippen molar-refractivity contribution in [3.05, 3.63) is 47.8 Å². The average molecular weight is 375 g/mol. The van der Waals surface area contributed by atoms with E-state index < -0.39 is 0 Å². The highest BCUT2D eigenvalue weighted by molar-refractivity contribution is 7.80. The molecule has 0 aliphatic rings. The average Bonchev–Trinajstić information content (AvgIpc) is 2.69. The molecule has 0 aliphatic heterocycles. The third kappa shape index (κ3) is 5.43. The maximum Gasteiger partial charge on any atom is 0.205 e. The predicted octanol–water partition coefficient (Wildman–Crippen LogP) is 4.27. The Kier molecular flexibility index (Phi) is 8.35. The van der Waals surface area contributed by atoms with E-state index in [0.717, 1.165) is 36.4 Å². The summed E-state index contributed by atoms with van der Waals surface area (Å²) in [5.41, 5.74) is 2.15. The quantitative estimate of drug-likeness (QED) is 0.383. The molecule has 2 rings (SSSR count). The minimum absolute atomic E-state index is 0.603. The topological polar surface area (TPSA) is 31.6 Å². The van der Waals surface area contributed by atoms with Crippen molar-refractivity contribution in [3.8, 4) is 17.2 Å². The highest BCUT2D eigenvalue weighted by atomic mass is 32.1. The zero-order valence-corrected chi connectivity index (χ0v) is 16.7. The van der Waals surface area contributed by atoms with Crippen molar-refractivity contribution in [1.82, 2.24) is 0 Å². The lowest BCUT2D eigenvalue weighted by atomic mass is 10.1. The molecule has 0 atom stereocenters. The van der Waals surface area contributed by atoms with Gasteiger partial charge in [0.05, 0.1) is 21.3 Å². The second kappa shape index (κ2) is 10.8. The third-order valence-corrected chi connectivity index (χ3v) is 4.48. The van der Waals surface area contributed by atoms with Crippen LogP contribution >= 0.6 is 12.6 Å². The number of methoxy groups -OCH3 is 3. The largest absolute Gasteiger partial charge is 0.493 e. The van der Waals surface area contributed by atoms with Crippen molar-refractivity contribution in [1.29, 1.82) is 0 Å². The molecule has 5 heteroatoms. The Labute approximate surface area is 161 Å². The van der Waals surface area contributed by atoms with Gasteiger partial charge in [0.15, 0.2) is 17.7 Å². The summed E-state index contributed by atoms with van der Waals surface area (Å²) in [4.78, 5) is 0. The van der Waals surface area contributed by atoms with E-state index in [0.29, 0.717) is 17.2 Å². The highest BCUT2D eigenvalue weighted by Crippen LogP contribution is 2.38. The number of ether oxygens (including phenoxy) is 3. The van der Waals surface area contributed by atoms with E-state index >= 15 is 0 Å². The molecular weight excluding hydrogens is 346 g/mol. The van der Waals surface area contributed by atoms with Gasteiger partial charge >= 0.3 is 0 Å². The molecule has 0 radical (unpaired) electrons. The lowest BCUT2D eigenvalue weighted by Gasteiger charge is -2.12. The van der Waals surface area contributed by atoms with Crippen LogP contribution < -0.4 is 18.8 Å². The molecular formula is C21H28NO3S+. The van der Waals surface area contributed by atoms with E-state index in [1.807, 2.05) is 12.1 Å². The van der Waals surface area contributed by atoms with Gasteiger partial charge in [-0.25, -0.2) is 0 Å². The Balaban J connectivity index is 2.22. The fourth-order valence-electron chi connectivity index (χ4n) is 2.79. The molecule has 0 unspecified atom stereocenters. The van der Waals surface area contributed by atoms with Crippen LogP contribution in [0.3, 0.4) is 0 Å². The molecule has 1 aromatic heterocycles. The van der Waals surface area contributed by atoms with Gasteiger partial charge in [0.1, 0.15) is 6.54 Å². The van der Waals surface area contributed by atoms with Crippen molar-refractivity contribution in [2.24, 2.45) is 0 Å². The lowest BCUT2D eigenvalue weighted by molar-refractivity contribution is -0.699. The standard InChI is InChI=1S/C21H27NO3S/c1-23-19-15-17(16-20(24-2)21(19)25-3)10-11-18-9-5-7-13-22(18)12-6-4-8-14-26/h5,7,9-11,13,15-16H,4,6,8,12,14H2,1-3H3/p+1/b11-10+. The maximum atomic E-state index is 5.42. The molecule has 2 aromatic rings. The number of pyridine rings is 1. The Hall–Kier alpha value is -2.14. The molecule has 0 fully saturated rings. The van der Waals surface area contributed by atoms with Crippen LogP contribution in [0.2, 0.25) is 0 Å². The summed E-state index contributed by atoms with van der Waals surface area (Å²) in [5.74, 6) is 2.86. The second-order valence-corrected chi connectivity index (χ2v) is 6.34. The number of nitrogens with zero attached hydrogens (tertiary/aromatic N) is 1. The summed E-state index contributed by atoms with van der Waals surface area (Å²) in [6.07, 6.45) is 9.80. The first kappa shape index (κ1) is 20.2. The molecule has 0 saturated heterocycles. The van der Waals surface area contributed by atoms with Gasteiger partial charge in [-0.1, -0.05) is 0 Å². The first-order valence-corrected chi connectivity index (χ1v) is 9.44. The SMILES string of the molecule is COc1cc(/C=C/c2cccc[n+]2CCCCCS)cc(OC)c1OC. The van der Waals surface area contributed by atoms with Gasteiger partial charge in [0, 0.05) is 24.6 Å². The Morgan fingerprint density at radius 2 is 1.65 bits per heavy atom. The maximum absolute atomic E-state index is 5.42. The van der Waals surface area contributed by atoms with Gasteiger partial charge in [-0.3, -0.25) is 0 Å². The summed E-state index contributed by atoms with van der Waals surface area (Å²) in [5, 5.41) is 0. The number of hydrogen-bond acceptors (Lipinski definition) is 4. The number of unbranched alkanes of at least 4 members (excludes halogenated alkanes) is 2. The molecule has 4 nitrogen and oxygen atoms in total. The van der Waals surface area contributed by atoms with Crippen LogP contribution in [0.1, 0.15) is 30.5 Å². The van der Waals surface area contributed by atoms with E-state index in [2.05, 4.69) is 53.7 Å². The lowest BCUT2D eigenvalue weighted by Crippen LogP contribution is -2.36. The van der Waals surface area contributed by atoms with E-state index in [1.165, 1.54) is 6.42 Å². The van der Waals surface area contributed by atoms with Gasteiger partial charge in [0.25, 0.3) is 0 Å². The molecule has 1 heterocycles. The van der Waals surface area contributed by atoms with Gasteiger partial charge in [-0.15, -0.1) is 0 Å². The van der Waals surface area contributed by atoms with E-state index in [1.54, 1.807) is 21.3 Å². The minimum atomic E-state index is 0.603. The third-order valence-electron chi connectivity index (χ3n) is 4.17. The molecule has 0 bridgehead atoms. The van der Waals surface area contributed by atoms with Gasteiger partial charge in [0.2, 0.25) is 11.4 Å². The Bertz CT molecular complexity index is 706. The van der Waals surface area contributed by atoms with Crippen molar-refractivity contribution >= 4 is 24.8 Å². The second-order valence-electron chi connectivity index (χ2n) is 5.90. The van der Waals surface area contributed by atoms with Crippen molar-refractivity contribution in [3.63, 3.8) is 0 Å². The number of benzene rings is 1. The molecule has 0 spiro atoms. The van der Waals surface area contributed by atoms with Gasteiger partial charge in [-0.05, 0) is 48.4 Å². The molecule has 0 amide bonds. The predicted molar refractivity (Wildman–Crippen MR) is 109 cm³/mol. The minimum Gasteiger partial charge on any atom is -0.493 e. The molecule has 26 heavy (non-hydrogen) atoms. The van der Waals surface area contributed by atoms with Crippen LogP contribution in [0.4, 0.5) is 0 Å². The monoisotopic (exact) mass is 374 g/mol. The molecule has 140 valence electrons. The number of aryl methyl sites for hydroxylation is 1. The van der Waals surface area contributed by atoms with Gasteiger partial charge < -0.3 is 14.2 Å². The van der Waals surface area contributed by atoms with Crippen molar-refractivity contribution in [2.75, 3.05) is 27.1 Å². The van der Waals surface area contributed by atoms with E-state index in [9.17, 15) is 0 Å². The number of hydrogen-bond donors (Lipinski definition) is 1. The highest BCUT2D eigenvalue weighted by Gasteiger charge is 2.12. The van der Waals surface area contributed by atoms with Crippen LogP contribution in [0.25, 0.3) is 12.2 Å². The fraction of sp³-hybridized carbons (Fsp3) is 0.381. The summed E-state index contributed by atoms with van der Waals surface area (Å²) in [6.45, 7) is 1.00. The summed E-state index contributed by atoms with van der Waals surface area (Å²) < 4.78 is 18.5. The smallest absolute Gasteiger partial charge is 0.205 e. The first-order valence-electron chi connectivity index (χ1n) is 8.81. The normalized spacial score (nSPS) is 10.9. The van der Waals surface area contributed by atoms with Crippen LogP contribution in [-0.2, 0) is 6.54 Å². The van der Waals surface area contributed by atoms with Crippen LogP contribution in [0.5, 0.6) is 17.2 Å². The number of rotatable bonds is 10. The molecule has 0 saturated carbocycles. The Morgan fingerprint density at radius 3 is 2.27 bits per heavy atom. The first-order chi connectivity index (χ1) is 12.7. The van der Waals surface area contributed by atoms with Crippen molar-refractivity contribution < 1.29 is 18.8 Å². The van der Waals surface area contributed by atoms with Crippen LogP contribution in [0, 0.1) is 0 Å². The Morgan fingerprint density at radius 1 is 0.923 bits per heavy atom.